The first-order valence-corrected chi connectivity index (χ1v) is 7.91. The second kappa shape index (κ2) is 5.80. The second-order valence-electron chi connectivity index (χ2n) is 5.54. The number of rotatable bonds is 2. The molecule has 3 rings (SSSR count). The smallest absolute Gasteiger partial charge is 0.270 e. The summed E-state index contributed by atoms with van der Waals surface area (Å²) in [4.78, 5) is 17.6. The summed E-state index contributed by atoms with van der Waals surface area (Å²) >= 11 is 12.7. The molecule has 0 saturated carbocycles. The zero-order valence-electron chi connectivity index (χ0n) is 11.9. The van der Waals surface area contributed by atoms with Gasteiger partial charge < -0.3 is 19.9 Å². The van der Waals surface area contributed by atoms with Gasteiger partial charge in [-0.25, -0.2) is 0 Å². The summed E-state index contributed by atoms with van der Waals surface area (Å²) in [5, 5.41) is 3.24. The SMILES string of the molecule is COC1c2cc(C(=O)N3CCNCC3)[nH]c2CCC1(Cl)Cl. The highest BCUT2D eigenvalue weighted by atomic mass is 35.5. The molecular weight excluding hydrogens is 313 g/mol. The van der Waals surface area contributed by atoms with E-state index in [1.54, 1.807) is 7.11 Å². The van der Waals surface area contributed by atoms with Crippen molar-refractivity contribution >= 4 is 29.1 Å². The van der Waals surface area contributed by atoms with Gasteiger partial charge in [-0.2, -0.15) is 0 Å². The molecule has 116 valence electrons. The Balaban J connectivity index is 1.86. The lowest BCUT2D eigenvalue weighted by Crippen LogP contribution is -2.46. The Morgan fingerprint density at radius 1 is 1.43 bits per heavy atom. The number of carbonyl (C=O) groups excluding carboxylic acids is 1. The molecule has 2 aliphatic rings. The van der Waals surface area contributed by atoms with Crippen molar-refractivity contribution < 1.29 is 9.53 Å². The maximum Gasteiger partial charge on any atom is 0.270 e. The third-order valence-electron chi connectivity index (χ3n) is 4.18. The number of aromatic nitrogens is 1. The van der Waals surface area contributed by atoms with E-state index in [0.717, 1.165) is 43.9 Å². The van der Waals surface area contributed by atoms with Gasteiger partial charge in [0.25, 0.3) is 5.91 Å². The van der Waals surface area contributed by atoms with Gasteiger partial charge in [0.15, 0.2) is 0 Å². The first kappa shape index (κ1) is 15.2. The van der Waals surface area contributed by atoms with Crippen molar-refractivity contribution in [2.75, 3.05) is 33.3 Å². The third-order valence-corrected chi connectivity index (χ3v) is 4.95. The molecule has 7 heteroatoms. The number of amides is 1. The van der Waals surface area contributed by atoms with E-state index < -0.39 is 10.4 Å². The number of aryl methyl sites for hydroxylation is 1. The molecule has 1 saturated heterocycles. The van der Waals surface area contributed by atoms with Crippen LogP contribution in [-0.2, 0) is 11.2 Å². The molecule has 0 radical (unpaired) electrons. The van der Waals surface area contributed by atoms with Crippen LogP contribution < -0.4 is 5.32 Å². The Kier molecular flexibility index (Phi) is 4.19. The van der Waals surface area contributed by atoms with E-state index in [-0.39, 0.29) is 5.91 Å². The van der Waals surface area contributed by atoms with E-state index in [1.807, 2.05) is 11.0 Å². The van der Waals surface area contributed by atoms with Crippen molar-refractivity contribution in [1.29, 1.82) is 0 Å². The maximum absolute atomic E-state index is 12.5. The van der Waals surface area contributed by atoms with Crippen LogP contribution in [-0.4, -0.2) is 53.4 Å². The van der Waals surface area contributed by atoms with Crippen LogP contribution in [0.4, 0.5) is 0 Å². The molecular formula is C14H19Cl2N3O2. The number of hydrogen-bond donors (Lipinski definition) is 2. The number of aromatic amines is 1. The van der Waals surface area contributed by atoms with Gasteiger partial charge in [-0.05, 0) is 18.9 Å². The molecule has 2 N–H and O–H groups in total. The Labute approximate surface area is 133 Å². The quantitative estimate of drug-likeness (QED) is 0.813. The normalized spacial score (nSPS) is 24.7. The first-order valence-electron chi connectivity index (χ1n) is 7.15. The van der Waals surface area contributed by atoms with Gasteiger partial charge >= 0.3 is 0 Å². The molecule has 1 unspecified atom stereocenters. The number of nitrogens with one attached hydrogen (secondary N) is 2. The highest BCUT2D eigenvalue weighted by Crippen LogP contribution is 2.47. The molecule has 2 heterocycles. The summed E-state index contributed by atoms with van der Waals surface area (Å²) in [5.74, 6) is 0.0236. The van der Waals surface area contributed by atoms with E-state index in [4.69, 9.17) is 27.9 Å². The van der Waals surface area contributed by atoms with Crippen LogP contribution in [0.1, 0.15) is 34.3 Å². The van der Waals surface area contributed by atoms with Gasteiger partial charge in [0.1, 0.15) is 16.1 Å². The summed E-state index contributed by atoms with van der Waals surface area (Å²) in [5.41, 5.74) is 2.49. The molecule has 1 amide bonds. The van der Waals surface area contributed by atoms with E-state index in [9.17, 15) is 4.79 Å². The van der Waals surface area contributed by atoms with Gasteiger partial charge in [0, 0.05) is 44.5 Å². The van der Waals surface area contributed by atoms with Gasteiger partial charge in [-0.3, -0.25) is 4.79 Å². The minimum absolute atomic E-state index is 0.0236. The lowest BCUT2D eigenvalue weighted by molar-refractivity contribution is 0.0730. The third kappa shape index (κ3) is 2.80. The van der Waals surface area contributed by atoms with Crippen LogP contribution >= 0.6 is 23.2 Å². The zero-order valence-corrected chi connectivity index (χ0v) is 13.4. The summed E-state index contributed by atoms with van der Waals surface area (Å²) in [6, 6.07) is 1.84. The standard InChI is InChI=1S/C14H19Cl2N3O2/c1-21-12-9-8-11(13(20)19-6-4-17-5-7-19)18-10(9)2-3-14(12,15)16/h8,12,17-18H,2-7H2,1H3. The van der Waals surface area contributed by atoms with E-state index >= 15 is 0 Å². The van der Waals surface area contributed by atoms with Crippen molar-refractivity contribution in [3.05, 3.63) is 23.0 Å². The number of carbonyl (C=O) groups is 1. The minimum Gasteiger partial charge on any atom is -0.374 e. The highest BCUT2D eigenvalue weighted by Gasteiger charge is 2.42. The number of ether oxygens (including phenoxy) is 1. The summed E-state index contributed by atoms with van der Waals surface area (Å²) in [6.07, 6.45) is 0.908. The van der Waals surface area contributed by atoms with Gasteiger partial charge in [-0.15, -0.1) is 0 Å². The van der Waals surface area contributed by atoms with Crippen LogP contribution in [0.2, 0.25) is 0 Å². The van der Waals surface area contributed by atoms with Crippen molar-refractivity contribution in [3.63, 3.8) is 0 Å². The number of methoxy groups -OCH3 is 1. The second-order valence-corrected chi connectivity index (χ2v) is 7.08. The molecule has 1 aliphatic carbocycles. The van der Waals surface area contributed by atoms with Crippen LogP contribution in [0.15, 0.2) is 6.07 Å². The molecule has 0 bridgehead atoms. The highest BCUT2D eigenvalue weighted by molar-refractivity contribution is 6.49. The number of piperazine rings is 1. The topological polar surface area (TPSA) is 57.4 Å². The van der Waals surface area contributed by atoms with Crippen molar-refractivity contribution in [2.45, 2.75) is 23.3 Å². The predicted octanol–water partition coefficient (Wildman–Crippen LogP) is 1.87. The monoisotopic (exact) mass is 331 g/mol. The summed E-state index contributed by atoms with van der Waals surface area (Å²) in [6.45, 7) is 3.12. The lowest BCUT2D eigenvalue weighted by atomic mass is 9.94. The Bertz CT molecular complexity index is 538. The van der Waals surface area contributed by atoms with Gasteiger partial charge in [0.2, 0.25) is 0 Å². The van der Waals surface area contributed by atoms with E-state index in [1.165, 1.54) is 0 Å². The Hall–Kier alpha value is -0.750. The van der Waals surface area contributed by atoms with Gasteiger partial charge in [0.05, 0.1) is 0 Å². The molecule has 1 aromatic heterocycles. The number of alkyl halides is 2. The number of halogens is 2. The zero-order chi connectivity index (χ0) is 15.0. The average Bonchev–Trinajstić information content (AvgIpc) is 2.90. The predicted molar refractivity (Wildman–Crippen MR) is 82.1 cm³/mol. The van der Waals surface area contributed by atoms with Gasteiger partial charge in [-0.1, -0.05) is 23.2 Å². The minimum atomic E-state index is -0.945. The molecule has 0 aromatic carbocycles. The van der Waals surface area contributed by atoms with Crippen molar-refractivity contribution in [2.24, 2.45) is 0 Å². The van der Waals surface area contributed by atoms with Crippen molar-refractivity contribution in [3.8, 4) is 0 Å². The van der Waals surface area contributed by atoms with Crippen LogP contribution in [0.25, 0.3) is 0 Å². The largest absolute Gasteiger partial charge is 0.374 e. The number of fused-ring (bicyclic) bond motifs is 1. The Morgan fingerprint density at radius 2 is 2.14 bits per heavy atom. The summed E-state index contributed by atoms with van der Waals surface area (Å²) < 4.78 is 4.51. The molecule has 1 fully saturated rings. The average molecular weight is 332 g/mol. The number of nitrogens with zero attached hydrogens (tertiary/aromatic N) is 1. The lowest BCUT2D eigenvalue weighted by Gasteiger charge is -2.33. The van der Waals surface area contributed by atoms with Crippen LogP contribution in [0.3, 0.4) is 0 Å². The molecule has 21 heavy (non-hydrogen) atoms. The summed E-state index contributed by atoms with van der Waals surface area (Å²) in [7, 11) is 1.59. The number of hydrogen-bond acceptors (Lipinski definition) is 3. The number of H-pyrrole nitrogens is 1. The van der Waals surface area contributed by atoms with Crippen molar-refractivity contribution in [1.82, 2.24) is 15.2 Å². The van der Waals surface area contributed by atoms with E-state index in [2.05, 4.69) is 10.3 Å². The Morgan fingerprint density at radius 3 is 2.81 bits per heavy atom. The molecule has 1 aliphatic heterocycles. The fourth-order valence-corrected chi connectivity index (χ4v) is 3.66. The molecule has 0 spiro atoms. The fraction of sp³-hybridized carbons (Fsp3) is 0.643. The van der Waals surface area contributed by atoms with Crippen LogP contribution in [0.5, 0.6) is 0 Å². The molecule has 5 nitrogen and oxygen atoms in total. The fourth-order valence-electron chi connectivity index (χ4n) is 3.06. The van der Waals surface area contributed by atoms with Crippen LogP contribution in [0, 0.1) is 0 Å². The maximum atomic E-state index is 12.5. The molecule has 1 atom stereocenters. The molecule has 1 aromatic rings. The first-order chi connectivity index (χ1) is 10.0. The van der Waals surface area contributed by atoms with E-state index in [0.29, 0.717) is 12.1 Å².